The molecular weight excluding hydrogens is 290 g/mol. The van der Waals surface area contributed by atoms with Crippen molar-refractivity contribution in [2.45, 2.75) is 20.4 Å². The molecule has 4 N–H and O–H groups in total. The summed E-state index contributed by atoms with van der Waals surface area (Å²) in [7, 11) is 0. The molecule has 118 valence electrons. The molecule has 2 aromatic heterocycles. The van der Waals surface area contributed by atoms with E-state index in [1.165, 1.54) is 11.9 Å². The van der Waals surface area contributed by atoms with Gasteiger partial charge < -0.3 is 20.8 Å². The van der Waals surface area contributed by atoms with Crippen molar-refractivity contribution in [1.29, 1.82) is 0 Å². The predicted octanol–water partition coefficient (Wildman–Crippen LogP) is 3.62. The highest BCUT2D eigenvalue weighted by Gasteiger charge is 2.10. The number of rotatable bonds is 5. The maximum atomic E-state index is 6.18. The van der Waals surface area contributed by atoms with E-state index in [0.29, 0.717) is 23.9 Å². The summed E-state index contributed by atoms with van der Waals surface area (Å²) in [6, 6.07) is 9.80. The molecule has 3 rings (SSSR count). The van der Waals surface area contributed by atoms with Crippen LogP contribution in [0.3, 0.4) is 0 Å². The van der Waals surface area contributed by atoms with Crippen LogP contribution < -0.4 is 16.4 Å². The van der Waals surface area contributed by atoms with Gasteiger partial charge in [0.1, 0.15) is 17.8 Å². The quantitative estimate of drug-likeness (QED) is 0.667. The maximum Gasteiger partial charge on any atom is 0.159 e. The summed E-state index contributed by atoms with van der Waals surface area (Å²) < 4.78 is 5.29. The van der Waals surface area contributed by atoms with Gasteiger partial charge >= 0.3 is 0 Å². The Morgan fingerprint density at radius 2 is 1.91 bits per heavy atom. The molecule has 0 saturated heterocycles. The Kier molecular flexibility index (Phi) is 4.14. The standard InChI is InChI=1S/C17H19N5O/c1-11-5-3-7-14(12(11)2)22-17-15(18)16(20-10-21-17)19-9-13-6-4-8-23-13/h3-8,10H,9,18H2,1-2H3,(H2,19,20,21,22). The van der Waals surface area contributed by atoms with Gasteiger partial charge in [-0.2, -0.15) is 0 Å². The molecule has 0 atom stereocenters. The number of nitrogens with two attached hydrogens (primary N) is 1. The summed E-state index contributed by atoms with van der Waals surface area (Å²) in [5, 5.41) is 6.43. The van der Waals surface area contributed by atoms with E-state index in [2.05, 4.69) is 40.5 Å². The molecule has 3 aromatic rings. The molecule has 0 aliphatic rings. The van der Waals surface area contributed by atoms with Crippen molar-refractivity contribution in [1.82, 2.24) is 9.97 Å². The van der Waals surface area contributed by atoms with Gasteiger partial charge in [0, 0.05) is 5.69 Å². The van der Waals surface area contributed by atoms with Crippen LogP contribution in [0.4, 0.5) is 23.0 Å². The molecule has 1 aromatic carbocycles. The van der Waals surface area contributed by atoms with Crippen molar-refractivity contribution >= 4 is 23.0 Å². The molecule has 2 heterocycles. The van der Waals surface area contributed by atoms with E-state index in [4.69, 9.17) is 10.2 Å². The number of hydrogen-bond donors (Lipinski definition) is 3. The zero-order valence-electron chi connectivity index (χ0n) is 13.1. The number of hydrogen-bond acceptors (Lipinski definition) is 6. The molecule has 0 amide bonds. The molecule has 0 unspecified atom stereocenters. The van der Waals surface area contributed by atoms with E-state index in [-0.39, 0.29) is 0 Å². The minimum Gasteiger partial charge on any atom is -0.467 e. The minimum atomic E-state index is 0.472. The minimum absolute atomic E-state index is 0.472. The van der Waals surface area contributed by atoms with Crippen LogP contribution in [-0.2, 0) is 6.54 Å². The van der Waals surface area contributed by atoms with Gasteiger partial charge in [-0.25, -0.2) is 9.97 Å². The first-order valence-corrected chi connectivity index (χ1v) is 7.35. The predicted molar refractivity (Wildman–Crippen MR) is 91.7 cm³/mol. The lowest BCUT2D eigenvalue weighted by atomic mass is 10.1. The summed E-state index contributed by atoms with van der Waals surface area (Å²) in [5.41, 5.74) is 10.00. The van der Waals surface area contributed by atoms with Crippen LogP contribution in [-0.4, -0.2) is 9.97 Å². The van der Waals surface area contributed by atoms with Gasteiger partial charge in [-0.1, -0.05) is 12.1 Å². The zero-order valence-corrected chi connectivity index (χ0v) is 13.1. The van der Waals surface area contributed by atoms with E-state index >= 15 is 0 Å². The summed E-state index contributed by atoms with van der Waals surface area (Å²) in [6.07, 6.45) is 3.11. The smallest absolute Gasteiger partial charge is 0.159 e. The van der Waals surface area contributed by atoms with Crippen LogP contribution >= 0.6 is 0 Å². The van der Waals surface area contributed by atoms with E-state index in [9.17, 15) is 0 Å². The van der Waals surface area contributed by atoms with Crippen molar-refractivity contribution < 1.29 is 4.42 Å². The summed E-state index contributed by atoms with van der Waals surface area (Å²) in [6.45, 7) is 4.64. The summed E-state index contributed by atoms with van der Waals surface area (Å²) in [5.74, 6) is 1.96. The van der Waals surface area contributed by atoms with Crippen molar-refractivity contribution in [3.63, 3.8) is 0 Å². The lowest BCUT2D eigenvalue weighted by Gasteiger charge is -2.14. The third-order valence-electron chi connectivity index (χ3n) is 3.75. The van der Waals surface area contributed by atoms with Crippen LogP contribution in [0.5, 0.6) is 0 Å². The average Bonchev–Trinajstić information content (AvgIpc) is 3.06. The Labute approximate surface area is 134 Å². The summed E-state index contributed by atoms with van der Waals surface area (Å²) >= 11 is 0. The van der Waals surface area contributed by atoms with Crippen LogP contribution in [0.2, 0.25) is 0 Å². The lowest BCUT2D eigenvalue weighted by molar-refractivity contribution is 0.518. The van der Waals surface area contributed by atoms with Crippen LogP contribution in [0.25, 0.3) is 0 Å². The second-order valence-corrected chi connectivity index (χ2v) is 5.29. The largest absolute Gasteiger partial charge is 0.467 e. The van der Waals surface area contributed by atoms with Gasteiger partial charge in [0.05, 0.1) is 12.8 Å². The van der Waals surface area contributed by atoms with Crippen molar-refractivity contribution in [3.8, 4) is 0 Å². The van der Waals surface area contributed by atoms with Gasteiger partial charge in [-0.3, -0.25) is 0 Å². The number of nitrogens with zero attached hydrogens (tertiary/aromatic N) is 2. The van der Waals surface area contributed by atoms with Gasteiger partial charge in [0.25, 0.3) is 0 Å². The SMILES string of the molecule is Cc1cccc(Nc2ncnc(NCc3ccco3)c2N)c1C. The second kappa shape index (κ2) is 6.39. The zero-order chi connectivity index (χ0) is 16.2. The highest BCUT2D eigenvalue weighted by atomic mass is 16.3. The van der Waals surface area contributed by atoms with E-state index in [1.54, 1.807) is 6.26 Å². The highest BCUT2D eigenvalue weighted by Crippen LogP contribution is 2.28. The Bertz CT molecular complexity index is 799. The van der Waals surface area contributed by atoms with Crippen molar-refractivity contribution in [3.05, 3.63) is 59.8 Å². The Morgan fingerprint density at radius 1 is 1.09 bits per heavy atom. The number of nitrogens with one attached hydrogen (secondary N) is 2. The molecule has 0 aliphatic carbocycles. The van der Waals surface area contributed by atoms with Crippen molar-refractivity contribution in [2.24, 2.45) is 0 Å². The van der Waals surface area contributed by atoms with Crippen molar-refractivity contribution in [2.75, 3.05) is 16.4 Å². The Hall–Kier alpha value is -3.02. The normalized spacial score (nSPS) is 10.5. The fourth-order valence-electron chi connectivity index (χ4n) is 2.23. The Balaban J connectivity index is 1.80. The molecule has 0 fully saturated rings. The number of aromatic nitrogens is 2. The fraction of sp³-hybridized carbons (Fsp3) is 0.176. The van der Waals surface area contributed by atoms with Gasteiger partial charge in [0.2, 0.25) is 0 Å². The number of anilines is 4. The maximum absolute atomic E-state index is 6.18. The fourth-order valence-corrected chi connectivity index (χ4v) is 2.23. The summed E-state index contributed by atoms with van der Waals surface area (Å²) in [4.78, 5) is 8.43. The van der Waals surface area contributed by atoms with E-state index in [0.717, 1.165) is 17.0 Å². The number of aryl methyl sites for hydroxylation is 1. The van der Waals surface area contributed by atoms with Crippen LogP contribution in [0, 0.1) is 13.8 Å². The lowest BCUT2D eigenvalue weighted by Crippen LogP contribution is -2.08. The second-order valence-electron chi connectivity index (χ2n) is 5.29. The molecule has 0 saturated carbocycles. The van der Waals surface area contributed by atoms with Crippen LogP contribution in [0.15, 0.2) is 47.3 Å². The first kappa shape index (κ1) is 14.9. The van der Waals surface area contributed by atoms with E-state index < -0.39 is 0 Å². The number of nitrogen functional groups attached to an aromatic ring is 1. The van der Waals surface area contributed by atoms with E-state index in [1.807, 2.05) is 24.3 Å². The molecule has 0 spiro atoms. The van der Waals surface area contributed by atoms with Crippen LogP contribution in [0.1, 0.15) is 16.9 Å². The van der Waals surface area contributed by atoms with Gasteiger partial charge in [-0.05, 0) is 43.2 Å². The first-order chi connectivity index (χ1) is 11.1. The first-order valence-electron chi connectivity index (χ1n) is 7.35. The molecule has 0 aliphatic heterocycles. The topological polar surface area (TPSA) is 89.0 Å². The monoisotopic (exact) mass is 309 g/mol. The number of benzene rings is 1. The van der Waals surface area contributed by atoms with Gasteiger partial charge in [-0.15, -0.1) is 0 Å². The third kappa shape index (κ3) is 3.26. The molecule has 0 radical (unpaired) electrons. The Morgan fingerprint density at radius 3 is 2.70 bits per heavy atom. The van der Waals surface area contributed by atoms with Gasteiger partial charge in [0.15, 0.2) is 11.6 Å². The number of furan rings is 1. The molecular formula is C17H19N5O. The average molecular weight is 309 g/mol. The third-order valence-corrected chi connectivity index (χ3v) is 3.75. The molecule has 6 heteroatoms. The molecule has 0 bridgehead atoms. The molecule has 23 heavy (non-hydrogen) atoms. The highest BCUT2D eigenvalue weighted by molar-refractivity contribution is 5.78. The molecule has 6 nitrogen and oxygen atoms in total.